The number of carbonyl (C=O) groups excluding carboxylic acids is 1. The van der Waals surface area contributed by atoms with Crippen molar-refractivity contribution in [1.82, 2.24) is 14.8 Å². The number of ether oxygens (including phenoxy) is 3. The summed E-state index contributed by atoms with van der Waals surface area (Å²) in [7, 11) is 1.61. The van der Waals surface area contributed by atoms with Gasteiger partial charge in [0.15, 0.2) is 22.5 Å². The van der Waals surface area contributed by atoms with Crippen LogP contribution >= 0.6 is 11.8 Å². The van der Waals surface area contributed by atoms with Crippen molar-refractivity contribution in [2.75, 3.05) is 24.8 Å². The number of nitrogens with one attached hydrogen (secondary N) is 1. The Hall–Kier alpha value is -3.46. The van der Waals surface area contributed by atoms with Gasteiger partial charge in [-0.1, -0.05) is 23.9 Å². The largest absolute Gasteiger partial charge is 0.494 e. The molecule has 33 heavy (non-hydrogen) atoms. The lowest BCUT2D eigenvalue weighted by molar-refractivity contribution is -0.113. The Bertz CT molecular complexity index is 1080. The smallest absolute Gasteiger partial charge is 0.234 e. The summed E-state index contributed by atoms with van der Waals surface area (Å²) in [6.45, 7) is 9.03. The number of thioether (sulfide) groups is 1. The van der Waals surface area contributed by atoms with Crippen LogP contribution in [0, 0.1) is 6.92 Å². The summed E-state index contributed by atoms with van der Waals surface area (Å²) in [5.41, 5.74) is 1.79. The summed E-state index contributed by atoms with van der Waals surface area (Å²) in [5.74, 6) is 2.73. The second-order valence-corrected chi connectivity index (χ2v) is 7.98. The lowest BCUT2D eigenvalue weighted by atomic mass is 10.2. The summed E-state index contributed by atoms with van der Waals surface area (Å²) < 4.78 is 18.6. The van der Waals surface area contributed by atoms with Crippen molar-refractivity contribution in [3.63, 3.8) is 0 Å². The quantitative estimate of drug-likeness (QED) is 0.309. The molecule has 0 aliphatic heterocycles. The molecule has 0 aliphatic rings. The van der Waals surface area contributed by atoms with Gasteiger partial charge in [0.25, 0.3) is 0 Å². The number of hydrogen-bond acceptors (Lipinski definition) is 7. The second kappa shape index (κ2) is 12.0. The van der Waals surface area contributed by atoms with Gasteiger partial charge in [-0.2, -0.15) is 0 Å². The minimum Gasteiger partial charge on any atom is -0.494 e. The number of allylic oxidation sites excluding steroid dienone is 1. The fraction of sp³-hybridized carbons (Fsp3) is 0.292. The van der Waals surface area contributed by atoms with E-state index >= 15 is 0 Å². The van der Waals surface area contributed by atoms with Crippen LogP contribution < -0.4 is 19.5 Å². The minimum absolute atomic E-state index is 0.139. The van der Waals surface area contributed by atoms with Crippen LogP contribution in [0.2, 0.25) is 0 Å². The van der Waals surface area contributed by atoms with Gasteiger partial charge in [0.05, 0.1) is 19.5 Å². The number of rotatable bonds is 12. The molecule has 0 aliphatic carbocycles. The van der Waals surface area contributed by atoms with Crippen LogP contribution in [0.15, 0.2) is 60.3 Å². The monoisotopic (exact) mass is 468 g/mol. The Kier molecular flexibility index (Phi) is 8.77. The predicted molar refractivity (Wildman–Crippen MR) is 129 cm³/mol. The lowest BCUT2D eigenvalue weighted by Crippen LogP contribution is -2.15. The topological polar surface area (TPSA) is 87.5 Å². The first-order valence-corrected chi connectivity index (χ1v) is 11.5. The van der Waals surface area contributed by atoms with Gasteiger partial charge < -0.3 is 19.5 Å². The normalized spacial score (nSPS) is 10.5. The molecule has 0 fully saturated rings. The van der Waals surface area contributed by atoms with Crippen LogP contribution in [0.4, 0.5) is 5.69 Å². The highest BCUT2D eigenvalue weighted by atomic mass is 32.2. The van der Waals surface area contributed by atoms with Crippen molar-refractivity contribution in [1.29, 1.82) is 0 Å². The third-order valence-electron chi connectivity index (χ3n) is 4.56. The second-order valence-electron chi connectivity index (χ2n) is 7.04. The van der Waals surface area contributed by atoms with E-state index in [2.05, 4.69) is 22.1 Å². The summed E-state index contributed by atoms with van der Waals surface area (Å²) in [6, 6.07) is 13.0. The Morgan fingerprint density at radius 2 is 1.94 bits per heavy atom. The highest BCUT2D eigenvalue weighted by Gasteiger charge is 2.15. The molecular formula is C24H28N4O4S. The number of aromatic nitrogens is 3. The highest BCUT2D eigenvalue weighted by molar-refractivity contribution is 7.99. The maximum atomic E-state index is 12.4. The van der Waals surface area contributed by atoms with Crippen molar-refractivity contribution < 1.29 is 19.0 Å². The first kappa shape index (κ1) is 24.2. The van der Waals surface area contributed by atoms with Gasteiger partial charge in [-0.3, -0.25) is 9.36 Å². The van der Waals surface area contributed by atoms with Gasteiger partial charge in [0, 0.05) is 12.2 Å². The van der Waals surface area contributed by atoms with E-state index in [4.69, 9.17) is 14.2 Å². The van der Waals surface area contributed by atoms with E-state index in [1.54, 1.807) is 13.2 Å². The van der Waals surface area contributed by atoms with Crippen molar-refractivity contribution in [3.05, 3.63) is 66.5 Å². The van der Waals surface area contributed by atoms with Crippen LogP contribution in [-0.4, -0.2) is 40.1 Å². The molecule has 3 rings (SSSR count). The Morgan fingerprint density at radius 1 is 1.15 bits per heavy atom. The zero-order chi connectivity index (χ0) is 23.6. The SMILES string of the molecule is C=CCn1c(COc2ccc(C)cc2OC)nnc1SCC(=O)Nc1ccc(OCC)cc1. The molecule has 0 bridgehead atoms. The highest BCUT2D eigenvalue weighted by Crippen LogP contribution is 2.29. The minimum atomic E-state index is -0.139. The Morgan fingerprint density at radius 3 is 2.64 bits per heavy atom. The van der Waals surface area contributed by atoms with Crippen LogP contribution in [-0.2, 0) is 17.9 Å². The summed E-state index contributed by atoms with van der Waals surface area (Å²) in [5, 5.41) is 12.0. The number of methoxy groups -OCH3 is 1. The average Bonchev–Trinajstić information content (AvgIpc) is 3.20. The fourth-order valence-electron chi connectivity index (χ4n) is 3.01. The maximum Gasteiger partial charge on any atom is 0.234 e. The van der Waals surface area contributed by atoms with Gasteiger partial charge in [0.2, 0.25) is 5.91 Å². The van der Waals surface area contributed by atoms with E-state index in [-0.39, 0.29) is 18.3 Å². The van der Waals surface area contributed by atoms with Gasteiger partial charge in [0.1, 0.15) is 12.4 Å². The lowest BCUT2D eigenvalue weighted by Gasteiger charge is -2.12. The Labute approximate surface area is 198 Å². The van der Waals surface area contributed by atoms with Crippen LogP contribution in [0.25, 0.3) is 0 Å². The van der Waals surface area contributed by atoms with E-state index in [0.717, 1.165) is 11.3 Å². The molecule has 1 aromatic heterocycles. The molecule has 9 heteroatoms. The number of amides is 1. The van der Waals surface area contributed by atoms with Crippen molar-refractivity contribution in [3.8, 4) is 17.2 Å². The van der Waals surface area contributed by atoms with E-state index in [1.807, 2.05) is 60.9 Å². The molecule has 1 N–H and O–H groups in total. The van der Waals surface area contributed by atoms with Crippen molar-refractivity contribution in [2.24, 2.45) is 0 Å². The molecule has 0 spiro atoms. The molecule has 0 saturated heterocycles. The van der Waals surface area contributed by atoms with E-state index < -0.39 is 0 Å². The standard InChI is InChI=1S/C24H28N4O4S/c1-5-13-28-22(15-32-20-12-7-17(3)14-21(20)30-4)26-27-24(28)33-16-23(29)25-18-8-10-19(11-9-18)31-6-2/h5,7-12,14H,1,6,13,15-16H2,2-4H3,(H,25,29). The molecular weight excluding hydrogens is 440 g/mol. The first-order chi connectivity index (χ1) is 16.0. The van der Waals surface area contributed by atoms with E-state index in [0.29, 0.717) is 41.3 Å². The number of anilines is 1. The molecule has 1 heterocycles. The zero-order valence-corrected chi connectivity index (χ0v) is 19.9. The number of carbonyl (C=O) groups is 1. The molecule has 0 radical (unpaired) electrons. The van der Waals surface area contributed by atoms with Crippen LogP contribution in [0.5, 0.6) is 17.2 Å². The number of hydrogen-bond donors (Lipinski definition) is 1. The molecule has 0 saturated carbocycles. The van der Waals surface area contributed by atoms with Crippen LogP contribution in [0.1, 0.15) is 18.3 Å². The summed E-state index contributed by atoms with van der Waals surface area (Å²) in [4.78, 5) is 12.4. The van der Waals surface area contributed by atoms with Gasteiger partial charge in [-0.25, -0.2) is 0 Å². The predicted octanol–water partition coefficient (Wildman–Crippen LogP) is 4.49. The Balaban J connectivity index is 1.60. The van der Waals surface area contributed by atoms with Crippen molar-refractivity contribution in [2.45, 2.75) is 32.2 Å². The van der Waals surface area contributed by atoms with E-state index in [9.17, 15) is 4.79 Å². The van der Waals surface area contributed by atoms with Gasteiger partial charge in [-0.15, -0.1) is 16.8 Å². The summed E-state index contributed by atoms with van der Waals surface area (Å²) >= 11 is 1.30. The molecule has 1 amide bonds. The number of benzene rings is 2. The molecule has 0 atom stereocenters. The molecule has 8 nitrogen and oxygen atoms in total. The maximum absolute atomic E-state index is 12.4. The fourth-order valence-corrected chi connectivity index (χ4v) is 3.78. The van der Waals surface area contributed by atoms with E-state index in [1.165, 1.54) is 11.8 Å². The molecule has 3 aromatic rings. The van der Waals surface area contributed by atoms with Gasteiger partial charge >= 0.3 is 0 Å². The van der Waals surface area contributed by atoms with Crippen LogP contribution in [0.3, 0.4) is 0 Å². The molecule has 174 valence electrons. The third kappa shape index (κ3) is 6.76. The molecule has 2 aromatic carbocycles. The third-order valence-corrected chi connectivity index (χ3v) is 5.53. The first-order valence-electron chi connectivity index (χ1n) is 10.5. The number of aryl methyl sites for hydroxylation is 1. The zero-order valence-electron chi connectivity index (χ0n) is 19.0. The van der Waals surface area contributed by atoms with Crippen molar-refractivity contribution >= 4 is 23.4 Å². The summed E-state index contributed by atoms with van der Waals surface area (Å²) in [6.07, 6.45) is 1.75. The molecule has 0 unspecified atom stereocenters. The average molecular weight is 469 g/mol. The number of nitrogens with zero attached hydrogens (tertiary/aromatic N) is 3. The van der Waals surface area contributed by atoms with Gasteiger partial charge in [-0.05, 0) is 55.8 Å².